The van der Waals surface area contributed by atoms with E-state index in [-0.39, 0.29) is 17.9 Å². The van der Waals surface area contributed by atoms with Crippen molar-refractivity contribution in [3.8, 4) is 0 Å². The molecule has 0 aliphatic carbocycles. The monoisotopic (exact) mass is 193 g/mol. The van der Waals surface area contributed by atoms with Gasteiger partial charge in [-0.2, -0.15) is 0 Å². The Kier molecular flexibility index (Phi) is 3.53. The summed E-state index contributed by atoms with van der Waals surface area (Å²) in [6, 6.07) is 0. The number of allylic oxidation sites excluding steroid dienone is 4. The lowest BCUT2D eigenvalue weighted by molar-refractivity contribution is 0.154. The van der Waals surface area contributed by atoms with E-state index in [1.54, 1.807) is 0 Å². The normalized spacial score (nSPS) is 18.4. The van der Waals surface area contributed by atoms with Crippen molar-refractivity contribution in [1.82, 2.24) is 5.32 Å². The summed E-state index contributed by atoms with van der Waals surface area (Å²) < 4.78 is 0. The largest absolute Gasteiger partial charge is 0.396 e. The first-order valence-electron chi connectivity index (χ1n) is 4.96. The smallest absolute Gasteiger partial charge is 0.0519 e. The molecule has 0 bridgehead atoms. The Hall–Kier alpha value is -1.02. The van der Waals surface area contributed by atoms with Crippen LogP contribution in [0.3, 0.4) is 0 Å². The van der Waals surface area contributed by atoms with E-state index in [1.165, 1.54) is 0 Å². The van der Waals surface area contributed by atoms with Crippen molar-refractivity contribution < 1.29 is 5.11 Å². The molecule has 78 valence electrons. The van der Waals surface area contributed by atoms with Crippen molar-refractivity contribution >= 4 is 0 Å². The molecule has 0 amide bonds. The van der Waals surface area contributed by atoms with Gasteiger partial charge in [0, 0.05) is 17.8 Å². The highest BCUT2D eigenvalue weighted by Crippen LogP contribution is 2.30. The molecule has 2 heteroatoms. The Morgan fingerprint density at radius 2 is 2.00 bits per heavy atom. The topological polar surface area (TPSA) is 32.3 Å². The highest BCUT2D eigenvalue weighted by atomic mass is 16.3. The molecule has 1 aliphatic rings. The van der Waals surface area contributed by atoms with Gasteiger partial charge in [-0.3, -0.25) is 0 Å². The predicted molar refractivity (Wildman–Crippen MR) is 59.5 cm³/mol. The number of rotatable bonds is 2. The van der Waals surface area contributed by atoms with Gasteiger partial charge in [-0.25, -0.2) is 0 Å². The Morgan fingerprint density at radius 1 is 1.29 bits per heavy atom. The van der Waals surface area contributed by atoms with Crippen LogP contribution in [-0.2, 0) is 0 Å². The van der Waals surface area contributed by atoms with Gasteiger partial charge in [-0.05, 0) is 17.6 Å². The summed E-state index contributed by atoms with van der Waals surface area (Å²) in [6.07, 6.45) is 9.81. The van der Waals surface area contributed by atoms with Crippen LogP contribution in [0.5, 0.6) is 0 Å². The van der Waals surface area contributed by atoms with E-state index in [1.807, 2.05) is 30.5 Å². The van der Waals surface area contributed by atoms with Crippen LogP contribution in [0.4, 0.5) is 0 Å². The first-order valence-corrected chi connectivity index (χ1v) is 4.96. The van der Waals surface area contributed by atoms with Crippen molar-refractivity contribution in [2.75, 3.05) is 6.61 Å². The standard InChI is InChI=1S/C12H19NO/c1-12(2,3)10(9-14)11-7-5-4-6-8-13-11/h4-8,10,13-14H,9H2,1-3H3. The summed E-state index contributed by atoms with van der Waals surface area (Å²) in [7, 11) is 0. The second-order valence-corrected chi connectivity index (χ2v) is 4.61. The Labute approximate surface area is 86.0 Å². The second kappa shape index (κ2) is 4.47. The van der Waals surface area contributed by atoms with E-state index in [9.17, 15) is 5.11 Å². The van der Waals surface area contributed by atoms with Gasteiger partial charge in [0.1, 0.15) is 0 Å². The van der Waals surface area contributed by atoms with E-state index in [0.29, 0.717) is 0 Å². The molecule has 1 aliphatic heterocycles. The number of hydrogen-bond donors (Lipinski definition) is 2. The average molecular weight is 193 g/mol. The van der Waals surface area contributed by atoms with Crippen LogP contribution >= 0.6 is 0 Å². The van der Waals surface area contributed by atoms with Gasteiger partial charge in [-0.15, -0.1) is 0 Å². The lowest BCUT2D eigenvalue weighted by Crippen LogP contribution is -2.30. The van der Waals surface area contributed by atoms with Gasteiger partial charge >= 0.3 is 0 Å². The van der Waals surface area contributed by atoms with Gasteiger partial charge in [0.25, 0.3) is 0 Å². The van der Waals surface area contributed by atoms with Gasteiger partial charge < -0.3 is 10.4 Å². The second-order valence-electron chi connectivity index (χ2n) is 4.61. The summed E-state index contributed by atoms with van der Waals surface area (Å²) in [5.41, 5.74) is 1.14. The average Bonchev–Trinajstić information content (AvgIpc) is 2.31. The minimum absolute atomic E-state index is 0.0691. The third-order valence-electron chi connectivity index (χ3n) is 2.45. The molecule has 0 radical (unpaired) electrons. The first kappa shape index (κ1) is 11.1. The molecule has 1 unspecified atom stereocenters. The van der Waals surface area contributed by atoms with Crippen molar-refractivity contribution in [2.24, 2.45) is 11.3 Å². The lowest BCUT2D eigenvalue weighted by atomic mass is 9.79. The molecule has 1 atom stereocenters. The van der Waals surface area contributed by atoms with Crippen LogP contribution in [0, 0.1) is 11.3 Å². The molecule has 14 heavy (non-hydrogen) atoms. The highest BCUT2D eigenvalue weighted by molar-refractivity contribution is 5.23. The number of nitrogens with one attached hydrogen (secondary N) is 1. The first-order chi connectivity index (χ1) is 6.55. The Bertz CT molecular complexity index is 269. The molecule has 2 N–H and O–H groups in total. The molecule has 0 saturated carbocycles. The summed E-state index contributed by atoms with van der Waals surface area (Å²) in [6.45, 7) is 6.57. The maximum atomic E-state index is 9.38. The zero-order valence-electron chi connectivity index (χ0n) is 9.12. The Balaban J connectivity index is 2.84. The minimum Gasteiger partial charge on any atom is -0.396 e. The molecule has 1 rings (SSSR count). The number of aliphatic hydroxyl groups is 1. The van der Waals surface area contributed by atoms with E-state index >= 15 is 0 Å². The fourth-order valence-electron chi connectivity index (χ4n) is 1.53. The fourth-order valence-corrected chi connectivity index (χ4v) is 1.53. The third kappa shape index (κ3) is 2.74. The van der Waals surface area contributed by atoms with Crippen LogP contribution in [0.2, 0.25) is 0 Å². The minimum atomic E-state index is 0.0691. The van der Waals surface area contributed by atoms with Gasteiger partial charge in [0.15, 0.2) is 0 Å². The third-order valence-corrected chi connectivity index (χ3v) is 2.45. The van der Waals surface area contributed by atoms with Crippen molar-refractivity contribution in [2.45, 2.75) is 20.8 Å². The summed E-state index contributed by atoms with van der Waals surface area (Å²) in [5.74, 6) is 0.148. The van der Waals surface area contributed by atoms with Gasteiger partial charge in [0.2, 0.25) is 0 Å². The molecule has 0 saturated heterocycles. The molecule has 0 aromatic rings. The summed E-state index contributed by atoms with van der Waals surface area (Å²) >= 11 is 0. The van der Waals surface area contributed by atoms with Crippen LogP contribution in [0.1, 0.15) is 20.8 Å². The molecule has 0 aromatic carbocycles. The zero-order chi connectivity index (χ0) is 10.6. The highest BCUT2D eigenvalue weighted by Gasteiger charge is 2.26. The van der Waals surface area contributed by atoms with Gasteiger partial charge in [0.05, 0.1) is 6.61 Å². The SMILES string of the molecule is CC(C)(C)C(CO)C1=CC=CC=CN1. The van der Waals surface area contributed by atoms with Crippen LogP contribution < -0.4 is 5.32 Å². The number of aliphatic hydroxyl groups excluding tert-OH is 1. The fraction of sp³-hybridized carbons (Fsp3) is 0.500. The quantitative estimate of drug-likeness (QED) is 0.704. The molecule has 2 nitrogen and oxygen atoms in total. The van der Waals surface area contributed by atoms with Crippen molar-refractivity contribution in [3.05, 3.63) is 36.2 Å². The van der Waals surface area contributed by atoms with Crippen LogP contribution in [-0.4, -0.2) is 11.7 Å². The molecular weight excluding hydrogens is 174 g/mol. The molecule has 0 fully saturated rings. The molecular formula is C12H19NO. The maximum absolute atomic E-state index is 9.38. The van der Waals surface area contributed by atoms with Crippen LogP contribution in [0.15, 0.2) is 36.2 Å². The van der Waals surface area contributed by atoms with E-state index < -0.39 is 0 Å². The van der Waals surface area contributed by atoms with E-state index in [2.05, 4.69) is 26.1 Å². The lowest BCUT2D eigenvalue weighted by Gasteiger charge is -2.31. The van der Waals surface area contributed by atoms with E-state index in [0.717, 1.165) is 5.70 Å². The van der Waals surface area contributed by atoms with Crippen molar-refractivity contribution in [1.29, 1.82) is 0 Å². The molecule has 0 spiro atoms. The van der Waals surface area contributed by atoms with E-state index in [4.69, 9.17) is 0 Å². The molecule has 1 heterocycles. The van der Waals surface area contributed by atoms with Gasteiger partial charge in [-0.1, -0.05) is 32.9 Å². The van der Waals surface area contributed by atoms with Crippen LogP contribution in [0.25, 0.3) is 0 Å². The number of hydrogen-bond acceptors (Lipinski definition) is 2. The maximum Gasteiger partial charge on any atom is 0.0519 e. The summed E-state index contributed by atoms with van der Waals surface area (Å²) in [4.78, 5) is 0. The molecule has 0 aromatic heterocycles. The summed E-state index contributed by atoms with van der Waals surface area (Å²) in [5, 5.41) is 12.6. The zero-order valence-corrected chi connectivity index (χ0v) is 9.12. The predicted octanol–water partition coefficient (Wildman–Crippen LogP) is 2.20. The van der Waals surface area contributed by atoms with Crippen molar-refractivity contribution in [3.63, 3.8) is 0 Å². The Morgan fingerprint density at radius 3 is 2.57 bits per heavy atom.